The van der Waals surface area contributed by atoms with E-state index in [1.54, 1.807) is 7.11 Å². The molecule has 5 heteroatoms. The van der Waals surface area contributed by atoms with Gasteiger partial charge in [0.2, 0.25) is 0 Å². The maximum absolute atomic E-state index is 5.88. The topological polar surface area (TPSA) is 44.5 Å². The highest BCUT2D eigenvalue weighted by atomic mass is 35.5. The molecule has 1 atom stereocenters. The molecule has 0 aliphatic heterocycles. The van der Waals surface area contributed by atoms with Crippen LogP contribution < -0.4 is 15.2 Å². The summed E-state index contributed by atoms with van der Waals surface area (Å²) in [7, 11) is 1.62. The van der Waals surface area contributed by atoms with Crippen molar-refractivity contribution < 1.29 is 9.47 Å². The molecule has 2 rings (SSSR count). The van der Waals surface area contributed by atoms with Gasteiger partial charge in [0.05, 0.1) is 11.4 Å². The van der Waals surface area contributed by atoms with Crippen molar-refractivity contribution in [3.63, 3.8) is 0 Å². The molecule has 1 aromatic heterocycles. The molecule has 0 aliphatic rings. The van der Waals surface area contributed by atoms with Crippen molar-refractivity contribution in [1.82, 2.24) is 0 Å². The van der Waals surface area contributed by atoms with Crippen molar-refractivity contribution in [2.24, 2.45) is 5.73 Å². The van der Waals surface area contributed by atoms with Crippen LogP contribution in [0.1, 0.15) is 23.4 Å². The molecule has 0 aliphatic carbocycles. The largest absolute Gasteiger partial charge is 0.493 e. The lowest BCUT2D eigenvalue weighted by atomic mass is 10.1. The summed E-state index contributed by atoms with van der Waals surface area (Å²) in [6, 6.07) is 9.52. The van der Waals surface area contributed by atoms with Crippen molar-refractivity contribution in [3.8, 4) is 11.5 Å². The van der Waals surface area contributed by atoms with Crippen molar-refractivity contribution >= 4 is 22.9 Å². The van der Waals surface area contributed by atoms with Gasteiger partial charge < -0.3 is 15.2 Å². The van der Waals surface area contributed by atoms with Crippen molar-refractivity contribution in [1.29, 1.82) is 0 Å². The molecule has 0 amide bonds. The molecule has 2 N–H and O–H groups in total. The van der Waals surface area contributed by atoms with Gasteiger partial charge in [-0.3, -0.25) is 0 Å². The summed E-state index contributed by atoms with van der Waals surface area (Å²) in [6.45, 7) is 2.41. The van der Waals surface area contributed by atoms with Crippen molar-refractivity contribution in [2.75, 3.05) is 7.11 Å². The van der Waals surface area contributed by atoms with Gasteiger partial charge >= 0.3 is 0 Å². The van der Waals surface area contributed by atoms with Crippen LogP contribution in [0.15, 0.2) is 30.3 Å². The first-order valence-electron chi connectivity index (χ1n) is 5.90. The Labute approximate surface area is 121 Å². The molecule has 102 valence electrons. The fourth-order valence-electron chi connectivity index (χ4n) is 1.66. The van der Waals surface area contributed by atoms with Gasteiger partial charge in [0.1, 0.15) is 6.61 Å². The van der Waals surface area contributed by atoms with Gasteiger partial charge in [-0.15, -0.1) is 11.3 Å². The van der Waals surface area contributed by atoms with Crippen LogP contribution in [0.4, 0.5) is 0 Å². The van der Waals surface area contributed by atoms with Gasteiger partial charge in [-0.25, -0.2) is 0 Å². The average Bonchev–Trinajstić information content (AvgIpc) is 2.81. The number of ether oxygens (including phenoxy) is 2. The van der Waals surface area contributed by atoms with E-state index in [4.69, 9.17) is 26.8 Å². The van der Waals surface area contributed by atoms with Crippen LogP contribution in [-0.4, -0.2) is 7.11 Å². The zero-order valence-corrected chi connectivity index (χ0v) is 12.4. The summed E-state index contributed by atoms with van der Waals surface area (Å²) in [5.41, 5.74) is 6.86. The molecular formula is C14H16ClNO2S. The highest BCUT2D eigenvalue weighted by Gasteiger charge is 2.09. The lowest BCUT2D eigenvalue weighted by Crippen LogP contribution is -2.05. The van der Waals surface area contributed by atoms with E-state index in [1.807, 2.05) is 37.3 Å². The predicted octanol–water partition coefficient (Wildman–Crippen LogP) is 4.01. The number of halogens is 1. The fourth-order valence-corrected chi connectivity index (χ4v) is 2.67. The van der Waals surface area contributed by atoms with Crippen LogP contribution in [0.2, 0.25) is 4.34 Å². The summed E-state index contributed by atoms with van der Waals surface area (Å²) < 4.78 is 11.8. The maximum Gasteiger partial charge on any atom is 0.161 e. The van der Waals surface area contributed by atoms with E-state index in [2.05, 4.69) is 0 Å². The third kappa shape index (κ3) is 3.62. The predicted molar refractivity (Wildman–Crippen MR) is 79.3 cm³/mol. The number of thiophene rings is 1. The lowest BCUT2D eigenvalue weighted by Gasteiger charge is -2.13. The number of hydrogen-bond acceptors (Lipinski definition) is 4. The molecule has 0 bridgehead atoms. The van der Waals surface area contributed by atoms with Crippen LogP contribution in [0, 0.1) is 0 Å². The monoisotopic (exact) mass is 297 g/mol. The Balaban J connectivity index is 2.11. The van der Waals surface area contributed by atoms with E-state index >= 15 is 0 Å². The van der Waals surface area contributed by atoms with Crippen molar-refractivity contribution in [2.45, 2.75) is 19.6 Å². The minimum Gasteiger partial charge on any atom is -0.493 e. The molecule has 0 saturated heterocycles. The van der Waals surface area contributed by atoms with Crippen LogP contribution >= 0.6 is 22.9 Å². The Morgan fingerprint density at radius 2 is 2.05 bits per heavy atom. The molecule has 0 unspecified atom stereocenters. The van der Waals surface area contributed by atoms with Gasteiger partial charge in [-0.1, -0.05) is 17.7 Å². The Bertz CT molecular complexity index is 554. The van der Waals surface area contributed by atoms with Crippen LogP contribution in [0.5, 0.6) is 11.5 Å². The summed E-state index contributed by atoms with van der Waals surface area (Å²) in [6.07, 6.45) is 0. The first-order chi connectivity index (χ1) is 9.10. The number of methoxy groups -OCH3 is 1. The second kappa shape index (κ2) is 6.28. The van der Waals surface area contributed by atoms with E-state index in [-0.39, 0.29) is 6.04 Å². The maximum atomic E-state index is 5.88. The number of hydrogen-bond donors (Lipinski definition) is 1. The zero-order valence-electron chi connectivity index (χ0n) is 10.9. The van der Waals surface area contributed by atoms with Crippen LogP contribution in [0.25, 0.3) is 0 Å². The molecule has 0 fully saturated rings. The Kier molecular flexibility index (Phi) is 4.69. The average molecular weight is 298 g/mol. The Morgan fingerprint density at radius 1 is 1.26 bits per heavy atom. The Hall–Kier alpha value is -1.23. The number of rotatable bonds is 5. The summed E-state index contributed by atoms with van der Waals surface area (Å²) >= 11 is 7.39. The molecule has 0 saturated carbocycles. The summed E-state index contributed by atoms with van der Waals surface area (Å²) in [4.78, 5) is 1.07. The standard InChI is InChI=1S/C14H16ClNO2S/c1-9(16)10-3-5-12(13(7-10)17-2)18-8-11-4-6-14(15)19-11/h3-7,9H,8,16H2,1-2H3/t9-/m1/s1. The molecule has 2 aromatic rings. The fraction of sp³-hybridized carbons (Fsp3) is 0.286. The van der Waals surface area contributed by atoms with E-state index in [9.17, 15) is 0 Å². The van der Waals surface area contributed by atoms with Gasteiger partial charge in [0.15, 0.2) is 11.5 Å². The normalized spacial score (nSPS) is 12.2. The summed E-state index contributed by atoms with van der Waals surface area (Å²) in [5, 5.41) is 0. The quantitative estimate of drug-likeness (QED) is 0.907. The highest BCUT2D eigenvalue weighted by molar-refractivity contribution is 7.16. The van der Waals surface area contributed by atoms with Crippen LogP contribution in [-0.2, 0) is 6.61 Å². The van der Waals surface area contributed by atoms with E-state index in [0.717, 1.165) is 14.8 Å². The van der Waals surface area contributed by atoms with Gasteiger partial charge in [-0.2, -0.15) is 0 Å². The first-order valence-corrected chi connectivity index (χ1v) is 7.10. The van der Waals surface area contributed by atoms with Gasteiger partial charge in [0, 0.05) is 10.9 Å². The third-order valence-corrected chi connectivity index (χ3v) is 3.92. The minimum absolute atomic E-state index is 0.0287. The molecule has 1 aromatic carbocycles. The molecule has 1 heterocycles. The highest BCUT2D eigenvalue weighted by Crippen LogP contribution is 2.31. The molecule has 3 nitrogen and oxygen atoms in total. The van der Waals surface area contributed by atoms with Crippen LogP contribution in [0.3, 0.4) is 0 Å². The van der Waals surface area contributed by atoms with Gasteiger partial charge in [-0.05, 0) is 36.8 Å². The molecule has 0 spiro atoms. The number of benzene rings is 1. The smallest absolute Gasteiger partial charge is 0.161 e. The molecular weight excluding hydrogens is 282 g/mol. The lowest BCUT2D eigenvalue weighted by molar-refractivity contribution is 0.287. The van der Waals surface area contributed by atoms with Gasteiger partial charge in [0.25, 0.3) is 0 Å². The second-order valence-electron chi connectivity index (χ2n) is 4.19. The third-order valence-electron chi connectivity index (χ3n) is 2.71. The first kappa shape index (κ1) is 14.2. The zero-order chi connectivity index (χ0) is 13.8. The molecule has 19 heavy (non-hydrogen) atoms. The number of nitrogens with two attached hydrogens (primary N) is 1. The van der Waals surface area contributed by atoms with E-state index in [0.29, 0.717) is 18.1 Å². The van der Waals surface area contributed by atoms with Crippen molar-refractivity contribution in [3.05, 3.63) is 45.1 Å². The van der Waals surface area contributed by atoms with E-state index in [1.165, 1.54) is 11.3 Å². The minimum atomic E-state index is -0.0287. The van der Waals surface area contributed by atoms with E-state index < -0.39 is 0 Å². The summed E-state index contributed by atoms with van der Waals surface area (Å²) in [5.74, 6) is 1.40. The second-order valence-corrected chi connectivity index (χ2v) is 5.99. The molecule has 0 radical (unpaired) electrons. The Morgan fingerprint density at radius 3 is 2.63 bits per heavy atom. The SMILES string of the molecule is COc1cc([C@@H](C)N)ccc1OCc1ccc(Cl)s1.